The van der Waals surface area contributed by atoms with Crippen LogP contribution in [-0.4, -0.2) is 49.8 Å². The van der Waals surface area contributed by atoms with Crippen molar-refractivity contribution >= 4 is 27.8 Å². The third-order valence-corrected chi connectivity index (χ3v) is 8.47. The molecule has 38 heavy (non-hydrogen) atoms. The average molecular weight is 510 g/mol. The number of aromatic amines is 1. The molecule has 2 aliphatic rings. The molecule has 5 aromatic rings. The minimum Gasteiger partial charge on any atom is -0.349 e. The van der Waals surface area contributed by atoms with Gasteiger partial charge in [0, 0.05) is 46.7 Å². The van der Waals surface area contributed by atoms with E-state index in [4.69, 9.17) is 0 Å². The van der Waals surface area contributed by atoms with Crippen molar-refractivity contribution in [3.05, 3.63) is 66.5 Å². The van der Waals surface area contributed by atoms with Crippen molar-refractivity contribution in [2.45, 2.75) is 31.7 Å². The number of hydrogen-bond donors (Lipinski definition) is 3. The number of carbonyl (C=O) groups excluding carboxylic acids is 1. The zero-order valence-electron chi connectivity index (χ0n) is 21.1. The number of pyridine rings is 2. The van der Waals surface area contributed by atoms with E-state index in [9.17, 15) is 4.79 Å². The molecule has 5 heterocycles. The van der Waals surface area contributed by atoms with Crippen molar-refractivity contribution in [3.63, 3.8) is 0 Å². The lowest BCUT2D eigenvalue weighted by Gasteiger charge is -2.52. The van der Waals surface area contributed by atoms with Crippen molar-refractivity contribution in [2.75, 3.05) is 13.1 Å². The van der Waals surface area contributed by atoms with Gasteiger partial charge < -0.3 is 15.6 Å². The topological polar surface area (TPSA) is 101 Å². The largest absolute Gasteiger partial charge is 0.349 e. The van der Waals surface area contributed by atoms with E-state index in [1.165, 1.54) is 12.6 Å². The highest BCUT2D eigenvalue weighted by Crippen LogP contribution is 2.48. The van der Waals surface area contributed by atoms with Crippen LogP contribution in [0.3, 0.4) is 0 Å². The maximum Gasteiger partial charge on any atom is 0.251 e. The van der Waals surface area contributed by atoms with E-state index in [2.05, 4.69) is 30.7 Å². The van der Waals surface area contributed by atoms with Gasteiger partial charge in [-0.15, -0.1) is 0 Å². The highest BCUT2D eigenvalue weighted by molar-refractivity contribution is 6.13. The van der Waals surface area contributed by atoms with Crippen molar-refractivity contribution in [2.24, 2.45) is 12.5 Å². The number of piperidine rings is 1. The van der Waals surface area contributed by atoms with E-state index in [-0.39, 0.29) is 17.4 Å². The molecule has 1 aliphatic carbocycles. The molecule has 0 unspecified atom stereocenters. The van der Waals surface area contributed by atoms with Crippen LogP contribution in [0.4, 0.5) is 4.39 Å². The maximum absolute atomic E-state index is 15.3. The van der Waals surface area contributed by atoms with E-state index in [1.807, 2.05) is 31.4 Å². The van der Waals surface area contributed by atoms with Gasteiger partial charge in [-0.25, -0.2) is 9.37 Å². The van der Waals surface area contributed by atoms with Crippen molar-refractivity contribution in [3.8, 4) is 22.4 Å². The Morgan fingerprint density at radius 1 is 1.08 bits per heavy atom. The van der Waals surface area contributed by atoms with E-state index in [0.717, 1.165) is 54.5 Å². The Morgan fingerprint density at radius 2 is 1.89 bits per heavy atom. The summed E-state index contributed by atoms with van der Waals surface area (Å²) in [6.45, 7) is 2.03. The molecule has 1 saturated heterocycles. The monoisotopic (exact) mass is 509 g/mol. The number of hydrogen-bond acceptors (Lipinski definition) is 5. The third kappa shape index (κ3) is 3.68. The van der Waals surface area contributed by atoms with E-state index in [0.29, 0.717) is 27.7 Å². The second kappa shape index (κ2) is 8.73. The van der Waals surface area contributed by atoms with Gasteiger partial charge in [0.15, 0.2) is 0 Å². The van der Waals surface area contributed by atoms with Crippen LogP contribution in [0, 0.1) is 11.2 Å². The highest BCUT2D eigenvalue weighted by atomic mass is 19.1. The van der Waals surface area contributed by atoms with Crippen molar-refractivity contribution in [1.29, 1.82) is 0 Å². The zero-order chi connectivity index (χ0) is 25.9. The first kappa shape index (κ1) is 23.0. The molecule has 2 fully saturated rings. The molecule has 1 aliphatic heterocycles. The number of fused-ring (bicyclic) bond motifs is 3. The van der Waals surface area contributed by atoms with Crippen LogP contribution in [0.2, 0.25) is 0 Å². The van der Waals surface area contributed by atoms with Gasteiger partial charge in [0.05, 0.1) is 29.8 Å². The number of aryl methyl sites for hydroxylation is 1. The second-order valence-electron chi connectivity index (χ2n) is 10.6. The number of rotatable bonds is 4. The molecular weight excluding hydrogens is 481 g/mol. The van der Waals surface area contributed by atoms with Crippen LogP contribution in [0.1, 0.15) is 36.0 Å². The van der Waals surface area contributed by atoms with Gasteiger partial charge in [0.1, 0.15) is 11.5 Å². The van der Waals surface area contributed by atoms with Gasteiger partial charge in [-0.05, 0) is 68.0 Å². The lowest BCUT2D eigenvalue weighted by Crippen LogP contribution is -2.58. The Balaban J connectivity index is 1.23. The molecule has 192 valence electrons. The SMILES string of the molecule is Cn1cc(-c2cc3c(cn2)[nH]c2ncc(F)c(-c4ccc(C(=O)N[C@H]5CCC56CCNCC6)cc4)c23)cn1. The van der Waals surface area contributed by atoms with E-state index in [1.54, 1.807) is 29.2 Å². The summed E-state index contributed by atoms with van der Waals surface area (Å²) in [5, 5.41) is 12.4. The molecule has 1 aromatic carbocycles. The molecule has 7 rings (SSSR count). The molecule has 0 radical (unpaired) electrons. The molecule has 1 spiro atoms. The Hall–Kier alpha value is -4.11. The number of benzene rings is 1. The van der Waals surface area contributed by atoms with Crippen LogP contribution >= 0.6 is 0 Å². The Kier molecular flexibility index (Phi) is 5.29. The predicted octanol–water partition coefficient (Wildman–Crippen LogP) is 4.58. The van der Waals surface area contributed by atoms with E-state index >= 15 is 4.39 Å². The van der Waals surface area contributed by atoms with Gasteiger partial charge in [-0.1, -0.05) is 12.1 Å². The van der Waals surface area contributed by atoms with Crippen molar-refractivity contribution < 1.29 is 9.18 Å². The predicted molar refractivity (Wildman–Crippen MR) is 144 cm³/mol. The minimum absolute atomic E-state index is 0.0706. The molecule has 1 amide bonds. The lowest BCUT2D eigenvalue weighted by atomic mass is 9.59. The summed E-state index contributed by atoms with van der Waals surface area (Å²) in [5.41, 5.74) is 4.94. The number of halogens is 1. The first-order valence-electron chi connectivity index (χ1n) is 13.1. The van der Waals surface area contributed by atoms with Crippen LogP contribution in [0.15, 0.2) is 55.1 Å². The molecule has 9 heteroatoms. The average Bonchev–Trinajstić information content (AvgIpc) is 3.54. The summed E-state index contributed by atoms with van der Waals surface area (Å²) >= 11 is 0. The van der Waals surface area contributed by atoms with Gasteiger partial charge in [0.25, 0.3) is 5.91 Å². The minimum atomic E-state index is -0.419. The normalized spacial score (nSPS) is 18.6. The quantitative estimate of drug-likeness (QED) is 0.329. The Labute approximate surface area is 218 Å². The molecule has 0 bridgehead atoms. The zero-order valence-corrected chi connectivity index (χ0v) is 21.1. The van der Waals surface area contributed by atoms with Crippen LogP contribution < -0.4 is 10.6 Å². The van der Waals surface area contributed by atoms with Crippen molar-refractivity contribution in [1.82, 2.24) is 35.4 Å². The standard InChI is InChI=1S/C29H28FN7O/c1-37-16-19(13-34-37)22-12-20-23(15-32-22)35-27-26(20)25(21(30)14-33-27)17-2-4-18(5-3-17)28(38)36-24-6-7-29(24)8-10-31-11-9-29/h2-5,12-16,24,31H,6-11H2,1H3,(H,33,35)(H,36,38)/t24-/m0/s1. The molecule has 1 atom stereocenters. The Morgan fingerprint density at radius 3 is 2.61 bits per heavy atom. The van der Waals surface area contributed by atoms with Crippen LogP contribution in [-0.2, 0) is 7.05 Å². The summed E-state index contributed by atoms with van der Waals surface area (Å²) in [6.07, 6.45) is 11.0. The van der Waals surface area contributed by atoms with Gasteiger partial charge >= 0.3 is 0 Å². The lowest BCUT2D eigenvalue weighted by molar-refractivity contribution is 0.0283. The maximum atomic E-state index is 15.3. The third-order valence-electron chi connectivity index (χ3n) is 8.47. The fourth-order valence-corrected chi connectivity index (χ4v) is 6.20. The number of nitrogens with one attached hydrogen (secondary N) is 3. The number of aromatic nitrogens is 5. The Bertz CT molecular complexity index is 1680. The first-order chi connectivity index (χ1) is 18.5. The molecule has 4 aromatic heterocycles. The summed E-state index contributed by atoms with van der Waals surface area (Å²) < 4.78 is 17.1. The number of nitrogens with zero attached hydrogens (tertiary/aromatic N) is 4. The van der Waals surface area contributed by atoms with Gasteiger partial charge in [-0.2, -0.15) is 5.10 Å². The van der Waals surface area contributed by atoms with Gasteiger partial charge in [-0.3, -0.25) is 14.5 Å². The number of carbonyl (C=O) groups is 1. The first-order valence-corrected chi connectivity index (χ1v) is 13.1. The summed E-state index contributed by atoms with van der Waals surface area (Å²) in [4.78, 5) is 25.2. The summed E-state index contributed by atoms with van der Waals surface area (Å²) in [7, 11) is 1.85. The van der Waals surface area contributed by atoms with Gasteiger partial charge in [0.2, 0.25) is 0 Å². The fraction of sp³-hybridized carbons (Fsp3) is 0.310. The second-order valence-corrected chi connectivity index (χ2v) is 10.6. The van der Waals surface area contributed by atoms with Crippen LogP contribution in [0.25, 0.3) is 44.3 Å². The molecular formula is C29H28FN7O. The highest BCUT2D eigenvalue weighted by Gasteiger charge is 2.47. The van der Waals surface area contributed by atoms with Crippen LogP contribution in [0.5, 0.6) is 0 Å². The molecule has 3 N–H and O–H groups in total. The number of H-pyrrole nitrogens is 1. The van der Waals surface area contributed by atoms with E-state index < -0.39 is 5.82 Å². The molecule has 8 nitrogen and oxygen atoms in total. The fourth-order valence-electron chi connectivity index (χ4n) is 6.20. The summed E-state index contributed by atoms with van der Waals surface area (Å²) in [5.74, 6) is -0.489. The smallest absolute Gasteiger partial charge is 0.251 e. The number of amides is 1. The molecule has 1 saturated carbocycles. The summed E-state index contributed by atoms with van der Waals surface area (Å²) in [6, 6.07) is 9.35.